The number of esters is 1. The second-order valence-corrected chi connectivity index (χ2v) is 4.02. The molecule has 0 aliphatic rings. The first-order valence-electron chi connectivity index (χ1n) is 4.91. The lowest BCUT2D eigenvalue weighted by Crippen LogP contribution is -2.00. The lowest BCUT2D eigenvalue weighted by atomic mass is 10.2. The van der Waals surface area contributed by atoms with Crippen LogP contribution < -0.4 is 4.74 Å². The van der Waals surface area contributed by atoms with Crippen LogP contribution in [-0.4, -0.2) is 17.1 Å². The van der Waals surface area contributed by atoms with Gasteiger partial charge in [-0.05, 0) is 18.2 Å². The van der Waals surface area contributed by atoms with E-state index in [0.717, 1.165) is 5.39 Å². The van der Waals surface area contributed by atoms with Gasteiger partial charge in [-0.25, -0.2) is 0 Å². The molecule has 0 atom stereocenters. The Labute approximate surface area is 106 Å². The predicted octanol–water partition coefficient (Wildman–Crippen LogP) is 2.94. The van der Waals surface area contributed by atoms with Gasteiger partial charge in [-0.3, -0.25) is 9.59 Å². The van der Waals surface area contributed by atoms with Crippen LogP contribution in [0.5, 0.6) is 5.75 Å². The number of rotatable bonds is 3. The molecule has 4 nitrogen and oxygen atoms in total. The number of furan rings is 1. The molecule has 0 unspecified atom stereocenters. The highest BCUT2D eigenvalue weighted by Crippen LogP contribution is 2.24. The van der Waals surface area contributed by atoms with Gasteiger partial charge in [0.1, 0.15) is 11.3 Å². The van der Waals surface area contributed by atoms with Gasteiger partial charge in [0.15, 0.2) is 5.76 Å². The Morgan fingerprint density at radius 2 is 2.12 bits per heavy atom. The van der Waals surface area contributed by atoms with E-state index in [0.29, 0.717) is 11.3 Å². The first kappa shape index (κ1) is 11.9. The molecule has 0 spiro atoms. The fourth-order valence-electron chi connectivity index (χ4n) is 1.44. The van der Waals surface area contributed by atoms with Crippen LogP contribution in [0.3, 0.4) is 0 Å². The number of ketones is 1. The average molecular weight is 297 g/mol. The highest BCUT2D eigenvalue weighted by Gasteiger charge is 2.11. The van der Waals surface area contributed by atoms with E-state index >= 15 is 0 Å². The highest BCUT2D eigenvalue weighted by molar-refractivity contribution is 9.09. The van der Waals surface area contributed by atoms with Crippen molar-refractivity contribution in [2.75, 3.05) is 5.33 Å². The molecule has 5 heteroatoms. The Morgan fingerprint density at radius 1 is 1.35 bits per heavy atom. The Morgan fingerprint density at radius 3 is 2.76 bits per heavy atom. The first-order valence-corrected chi connectivity index (χ1v) is 6.03. The van der Waals surface area contributed by atoms with Crippen LogP contribution in [0.25, 0.3) is 11.0 Å². The van der Waals surface area contributed by atoms with Crippen LogP contribution in [0.1, 0.15) is 17.5 Å². The van der Waals surface area contributed by atoms with E-state index in [9.17, 15) is 9.59 Å². The fourth-order valence-corrected chi connectivity index (χ4v) is 1.72. The predicted molar refractivity (Wildman–Crippen MR) is 65.6 cm³/mol. The zero-order valence-electron chi connectivity index (χ0n) is 9.03. The molecule has 0 radical (unpaired) electrons. The third-order valence-corrected chi connectivity index (χ3v) is 2.66. The van der Waals surface area contributed by atoms with E-state index in [1.54, 1.807) is 24.3 Å². The molecular weight excluding hydrogens is 288 g/mol. The molecule has 0 fully saturated rings. The van der Waals surface area contributed by atoms with Crippen molar-refractivity contribution in [1.29, 1.82) is 0 Å². The minimum atomic E-state index is -0.396. The Balaban J connectivity index is 2.40. The Bertz CT molecular complexity index is 585. The smallest absolute Gasteiger partial charge is 0.308 e. The molecule has 1 heterocycles. The number of hydrogen-bond acceptors (Lipinski definition) is 4. The molecule has 0 aliphatic heterocycles. The molecule has 0 saturated carbocycles. The number of alkyl halides is 1. The standard InChI is InChI=1S/C12H9BrO4/c1-7(14)16-9-3-2-8-4-12(10(15)6-13)17-11(8)5-9/h2-5H,6H2,1H3. The summed E-state index contributed by atoms with van der Waals surface area (Å²) >= 11 is 3.08. The highest BCUT2D eigenvalue weighted by atomic mass is 79.9. The molecule has 1 aromatic carbocycles. The van der Waals surface area contributed by atoms with Gasteiger partial charge in [0.05, 0.1) is 5.33 Å². The summed E-state index contributed by atoms with van der Waals surface area (Å²) in [5, 5.41) is 1.01. The number of halogens is 1. The Kier molecular flexibility index (Phi) is 3.28. The summed E-state index contributed by atoms with van der Waals surface area (Å²) in [6, 6.07) is 6.64. The van der Waals surface area contributed by atoms with Crippen LogP contribution in [-0.2, 0) is 4.79 Å². The van der Waals surface area contributed by atoms with E-state index < -0.39 is 5.97 Å². The zero-order chi connectivity index (χ0) is 12.4. The zero-order valence-corrected chi connectivity index (χ0v) is 10.6. The van der Waals surface area contributed by atoms with Gasteiger partial charge in [-0.1, -0.05) is 15.9 Å². The van der Waals surface area contributed by atoms with Gasteiger partial charge in [-0.15, -0.1) is 0 Å². The van der Waals surface area contributed by atoms with Gasteiger partial charge < -0.3 is 9.15 Å². The van der Waals surface area contributed by atoms with Crippen LogP contribution >= 0.6 is 15.9 Å². The van der Waals surface area contributed by atoms with E-state index in [4.69, 9.17) is 9.15 Å². The Hall–Kier alpha value is -1.62. The first-order chi connectivity index (χ1) is 8.10. The van der Waals surface area contributed by atoms with Crippen molar-refractivity contribution in [2.24, 2.45) is 0 Å². The SMILES string of the molecule is CC(=O)Oc1ccc2cc(C(=O)CBr)oc2c1. The summed E-state index contributed by atoms with van der Waals surface area (Å²) in [5.74, 6) is 0.164. The average Bonchev–Trinajstić information content (AvgIpc) is 2.70. The van der Waals surface area contributed by atoms with Crippen molar-refractivity contribution in [3.63, 3.8) is 0 Å². The number of fused-ring (bicyclic) bond motifs is 1. The van der Waals surface area contributed by atoms with Crippen molar-refractivity contribution in [1.82, 2.24) is 0 Å². The monoisotopic (exact) mass is 296 g/mol. The normalized spacial score (nSPS) is 10.5. The maximum atomic E-state index is 11.4. The van der Waals surface area contributed by atoms with Crippen molar-refractivity contribution in [3.05, 3.63) is 30.0 Å². The van der Waals surface area contributed by atoms with Crippen LogP contribution in [0.15, 0.2) is 28.7 Å². The molecular formula is C12H9BrO4. The van der Waals surface area contributed by atoms with Gasteiger partial charge in [-0.2, -0.15) is 0 Å². The summed E-state index contributed by atoms with van der Waals surface area (Å²) in [4.78, 5) is 22.2. The quantitative estimate of drug-likeness (QED) is 0.378. The third-order valence-electron chi connectivity index (χ3n) is 2.15. The second-order valence-electron chi connectivity index (χ2n) is 3.46. The number of hydrogen-bond donors (Lipinski definition) is 0. The molecule has 0 saturated heterocycles. The summed E-state index contributed by atoms with van der Waals surface area (Å²) in [6.45, 7) is 1.33. The summed E-state index contributed by atoms with van der Waals surface area (Å²) in [7, 11) is 0. The van der Waals surface area contributed by atoms with E-state index in [2.05, 4.69) is 15.9 Å². The van der Waals surface area contributed by atoms with Gasteiger partial charge in [0.25, 0.3) is 0 Å². The molecule has 0 N–H and O–H groups in total. The van der Waals surface area contributed by atoms with Gasteiger partial charge in [0, 0.05) is 18.4 Å². The van der Waals surface area contributed by atoms with Crippen molar-refractivity contribution < 1.29 is 18.7 Å². The van der Waals surface area contributed by atoms with Crippen molar-refractivity contribution in [3.8, 4) is 5.75 Å². The van der Waals surface area contributed by atoms with E-state index in [1.807, 2.05) is 0 Å². The lowest BCUT2D eigenvalue weighted by molar-refractivity contribution is -0.131. The molecule has 2 rings (SSSR count). The molecule has 0 aliphatic carbocycles. The largest absolute Gasteiger partial charge is 0.453 e. The molecule has 1 aromatic heterocycles. The van der Waals surface area contributed by atoms with Crippen LogP contribution in [0.4, 0.5) is 0 Å². The van der Waals surface area contributed by atoms with Crippen LogP contribution in [0, 0.1) is 0 Å². The van der Waals surface area contributed by atoms with Crippen LogP contribution in [0.2, 0.25) is 0 Å². The number of ether oxygens (including phenoxy) is 1. The molecule has 0 amide bonds. The van der Waals surface area contributed by atoms with E-state index in [1.165, 1.54) is 6.92 Å². The maximum Gasteiger partial charge on any atom is 0.308 e. The number of carbonyl (C=O) groups is 2. The summed E-state index contributed by atoms with van der Waals surface area (Å²) in [6.07, 6.45) is 0. The number of Topliss-reactive ketones (excluding diaryl/α,β-unsaturated/α-hetero) is 1. The van der Waals surface area contributed by atoms with E-state index in [-0.39, 0.29) is 16.9 Å². The van der Waals surface area contributed by atoms with Gasteiger partial charge in [0.2, 0.25) is 5.78 Å². The van der Waals surface area contributed by atoms with Crippen molar-refractivity contribution >= 4 is 38.7 Å². The maximum absolute atomic E-state index is 11.4. The van der Waals surface area contributed by atoms with Gasteiger partial charge >= 0.3 is 5.97 Å². The fraction of sp³-hybridized carbons (Fsp3) is 0.167. The summed E-state index contributed by atoms with van der Waals surface area (Å²) < 4.78 is 10.3. The second kappa shape index (κ2) is 4.71. The molecule has 88 valence electrons. The minimum absolute atomic E-state index is 0.129. The lowest BCUT2D eigenvalue weighted by Gasteiger charge is -1.99. The topological polar surface area (TPSA) is 56.5 Å². The minimum Gasteiger partial charge on any atom is -0.453 e. The van der Waals surface area contributed by atoms with Crippen molar-refractivity contribution in [2.45, 2.75) is 6.92 Å². The summed E-state index contributed by atoms with van der Waals surface area (Å²) in [5.41, 5.74) is 0.521. The molecule has 2 aromatic rings. The number of carbonyl (C=O) groups excluding carboxylic acids is 2. The third kappa shape index (κ3) is 2.55. The molecule has 17 heavy (non-hydrogen) atoms. The molecule has 0 bridgehead atoms. The number of benzene rings is 1.